The topological polar surface area (TPSA) is 12.0 Å². The molecule has 16 heavy (non-hydrogen) atoms. The summed E-state index contributed by atoms with van der Waals surface area (Å²) in [5.41, 5.74) is 1.06. The monoisotopic (exact) mass is 225 g/mol. The Morgan fingerprint density at radius 2 is 2.25 bits per heavy atom. The summed E-state index contributed by atoms with van der Waals surface area (Å²) in [7, 11) is 0. The normalized spacial score (nSPS) is 23.8. The Balaban J connectivity index is 1.87. The third-order valence-corrected chi connectivity index (χ3v) is 3.22. The van der Waals surface area contributed by atoms with E-state index in [1.54, 1.807) is 12.1 Å². The van der Waals surface area contributed by atoms with Crippen molar-refractivity contribution in [3.8, 4) is 0 Å². The van der Waals surface area contributed by atoms with Gasteiger partial charge in [0, 0.05) is 18.2 Å². The minimum absolute atomic E-state index is 0.113. The summed E-state index contributed by atoms with van der Waals surface area (Å²) in [6, 6.07) is 7.24. The standard InChI is InChI=1S/C13H17F2N/c1-2-10-7-12(10)16-8-9-4-3-5-11(6-9)13(14)15/h3-6,10,12-13,16H,2,7-8H2,1H3. The van der Waals surface area contributed by atoms with Crippen LogP contribution in [0.2, 0.25) is 0 Å². The third kappa shape index (κ3) is 2.79. The number of hydrogen-bond donors (Lipinski definition) is 1. The van der Waals surface area contributed by atoms with Crippen LogP contribution in [0.3, 0.4) is 0 Å². The SMILES string of the molecule is CCC1CC1NCc1cccc(C(F)F)c1. The Hall–Kier alpha value is -0.960. The number of halogens is 2. The summed E-state index contributed by atoms with van der Waals surface area (Å²) < 4.78 is 24.9. The number of alkyl halides is 2. The van der Waals surface area contributed by atoms with Gasteiger partial charge in [-0.1, -0.05) is 31.5 Å². The van der Waals surface area contributed by atoms with Gasteiger partial charge in [-0.25, -0.2) is 8.78 Å². The summed E-state index contributed by atoms with van der Waals surface area (Å²) >= 11 is 0. The molecule has 1 fully saturated rings. The summed E-state index contributed by atoms with van der Waals surface area (Å²) in [4.78, 5) is 0. The first-order chi connectivity index (χ1) is 7.70. The van der Waals surface area contributed by atoms with Crippen molar-refractivity contribution in [3.63, 3.8) is 0 Å². The Labute approximate surface area is 94.9 Å². The lowest BCUT2D eigenvalue weighted by Gasteiger charge is -2.06. The number of benzene rings is 1. The van der Waals surface area contributed by atoms with Gasteiger partial charge in [-0.3, -0.25) is 0 Å². The molecule has 0 amide bonds. The first-order valence-electron chi connectivity index (χ1n) is 5.81. The molecule has 1 aliphatic carbocycles. The molecule has 0 spiro atoms. The Bertz CT molecular complexity index is 352. The molecule has 1 nitrogen and oxygen atoms in total. The van der Waals surface area contributed by atoms with Crippen molar-refractivity contribution >= 4 is 0 Å². The molecule has 1 saturated carbocycles. The molecule has 0 saturated heterocycles. The van der Waals surface area contributed by atoms with E-state index < -0.39 is 6.43 Å². The Kier molecular flexibility index (Phi) is 3.54. The van der Waals surface area contributed by atoms with Crippen molar-refractivity contribution in [2.75, 3.05) is 0 Å². The van der Waals surface area contributed by atoms with E-state index >= 15 is 0 Å². The van der Waals surface area contributed by atoms with Crippen LogP contribution in [0, 0.1) is 5.92 Å². The molecule has 0 aromatic heterocycles. The molecule has 0 aliphatic heterocycles. The zero-order chi connectivity index (χ0) is 11.5. The van der Waals surface area contributed by atoms with E-state index in [4.69, 9.17) is 0 Å². The van der Waals surface area contributed by atoms with Gasteiger partial charge in [0.05, 0.1) is 0 Å². The number of rotatable bonds is 5. The molecular weight excluding hydrogens is 208 g/mol. The second-order valence-electron chi connectivity index (χ2n) is 4.44. The van der Waals surface area contributed by atoms with Crippen molar-refractivity contribution in [1.82, 2.24) is 5.32 Å². The van der Waals surface area contributed by atoms with Crippen LogP contribution >= 0.6 is 0 Å². The van der Waals surface area contributed by atoms with E-state index in [-0.39, 0.29) is 5.56 Å². The van der Waals surface area contributed by atoms with Crippen LogP contribution in [0.4, 0.5) is 8.78 Å². The van der Waals surface area contributed by atoms with Gasteiger partial charge in [-0.05, 0) is 24.0 Å². The van der Waals surface area contributed by atoms with Gasteiger partial charge >= 0.3 is 0 Å². The summed E-state index contributed by atoms with van der Waals surface area (Å²) in [5.74, 6) is 0.790. The van der Waals surface area contributed by atoms with Gasteiger partial charge in [0.15, 0.2) is 0 Å². The average molecular weight is 225 g/mol. The van der Waals surface area contributed by atoms with Crippen LogP contribution in [0.25, 0.3) is 0 Å². The fraction of sp³-hybridized carbons (Fsp3) is 0.538. The molecule has 0 bridgehead atoms. The third-order valence-electron chi connectivity index (χ3n) is 3.22. The molecule has 2 atom stereocenters. The fourth-order valence-electron chi connectivity index (χ4n) is 2.04. The predicted octanol–water partition coefficient (Wildman–Crippen LogP) is 3.51. The highest BCUT2D eigenvalue weighted by Crippen LogP contribution is 2.33. The second kappa shape index (κ2) is 4.91. The van der Waals surface area contributed by atoms with E-state index in [1.807, 2.05) is 6.07 Å². The van der Waals surface area contributed by atoms with E-state index in [9.17, 15) is 8.78 Å². The lowest BCUT2D eigenvalue weighted by Crippen LogP contribution is -2.17. The fourth-order valence-corrected chi connectivity index (χ4v) is 2.04. The molecule has 3 heteroatoms. The van der Waals surface area contributed by atoms with Crippen molar-refractivity contribution in [2.24, 2.45) is 5.92 Å². The quantitative estimate of drug-likeness (QED) is 0.808. The number of hydrogen-bond acceptors (Lipinski definition) is 1. The summed E-state index contributed by atoms with van der Waals surface area (Å²) in [5, 5.41) is 3.40. The highest BCUT2D eigenvalue weighted by molar-refractivity contribution is 5.24. The van der Waals surface area contributed by atoms with Gasteiger partial charge in [0.2, 0.25) is 0 Å². The maximum atomic E-state index is 12.5. The molecule has 1 N–H and O–H groups in total. The lowest BCUT2D eigenvalue weighted by atomic mass is 10.1. The largest absolute Gasteiger partial charge is 0.310 e. The van der Waals surface area contributed by atoms with E-state index in [1.165, 1.54) is 18.9 Å². The maximum absolute atomic E-state index is 12.5. The van der Waals surface area contributed by atoms with Crippen LogP contribution in [0.15, 0.2) is 24.3 Å². The summed E-state index contributed by atoms with van der Waals surface area (Å²) in [6.07, 6.45) is 0.0593. The van der Waals surface area contributed by atoms with Crippen LogP contribution in [0.5, 0.6) is 0 Å². The number of nitrogens with one attached hydrogen (secondary N) is 1. The van der Waals surface area contributed by atoms with Crippen LogP contribution < -0.4 is 5.32 Å². The highest BCUT2D eigenvalue weighted by Gasteiger charge is 2.34. The minimum Gasteiger partial charge on any atom is -0.310 e. The van der Waals surface area contributed by atoms with Gasteiger partial charge in [-0.15, -0.1) is 0 Å². The molecule has 0 heterocycles. The highest BCUT2D eigenvalue weighted by atomic mass is 19.3. The molecule has 1 aliphatic rings. The van der Waals surface area contributed by atoms with Crippen molar-refractivity contribution < 1.29 is 8.78 Å². The molecule has 88 valence electrons. The average Bonchev–Trinajstić information content (AvgIpc) is 3.05. The van der Waals surface area contributed by atoms with Crippen LogP contribution in [0.1, 0.15) is 37.3 Å². The molecule has 1 aromatic rings. The molecule has 2 rings (SSSR count). The zero-order valence-electron chi connectivity index (χ0n) is 9.42. The minimum atomic E-state index is -2.37. The van der Waals surface area contributed by atoms with E-state index in [0.717, 1.165) is 11.5 Å². The lowest BCUT2D eigenvalue weighted by molar-refractivity contribution is 0.151. The Morgan fingerprint density at radius 3 is 2.88 bits per heavy atom. The molecular formula is C13H17F2N. The smallest absolute Gasteiger partial charge is 0.263 e. The summed E-state index contributed by atoms with van der Waals surface area (Å²) in [6.45, 7) is 2.88. The zero-order valence-corrected chi connectivity index (χ0v) is 9.42. The van der Waals surface area contributed by atoms with Crippen LogP contribution in [-0.4, -0.2) is 6.04 Å². The van der Waals surface area contributed by atoms with Gasteiger partial charge in [0.25, 0.3) is 6.43 Å². The predicted molar refractivity (Wildman–Crippen MR) is 60.4 cm³/mol. The van der Waals surface area contributed by atoms with Gasteiger partial charge < -0.3 is 5.32 Å². The van der Waals surface area contributed by atoms with E-state index in [0.29, 0.717) is 12.6 Å². The van der Waals surface area contributed by atoms with Crippen LogP contribution in [-0.2, 0) is 6.54 Å². The maximum Gasteiger partial charge on any atom is 0.263 e. The van der Waals surface area contributed by atoms with E-state index in [2.05, 4.69) is 12.2 Å². The van der Waals surface area contributed by atoms with Crippen molar-refractivity contribution in [2.45, 2.75) is 38.8 Å². The van der Waals surface area contributed by atoms with Gasteiger partial charge in [-0.2, -0.15) is 0 Å². The Morgan fingerprint density at radius 1 is 1.44 bits per heavy atom. The molecule has 2 unspecified atom stereocenters. The molecule has 0 radical (unpaired) electrons. The van der Waals surface area contributed by atoms with Crippen molar-refractivity contribution in [3.05, 3.63) is 35.4 Å². The first-order valence-corrected chi connectivity index (χ1v) is 5.81. The van der Waals surface area contributed by atoms with Gasteiger partial charge in [0.1, 0.15) is 0 Å². The molecule has 1 aromatic carbocycles. The second-order valence-corrected chi connectivity index (χ2v) is 4.44. The van der Waals surface area contributed by atoms with Crippen molar-refractivity contribution in [1.29, 1.82) is 0 Å². The first kappa shape index (κ1) is 11.5.